The van der Waals surface area contributed by atoms with Crippen LogP contribution in [0, 0.1) is 6.92 Å². The van der Waals surface area contributed by atoms with Gasteiger partial charge >= 0.3 is 5.97 Å². The molecule has 0 saturated heterocycles. The van der Waals surface area contributed by atoms with Crippen LogP contribution in [0.3, 0.4) is 0 Å². The van der Waals surface area contributed by atoms with Crippen LogP contribution in [0.4, 0.5) is 0 Å². The van der Waals surface area contributed by atoms with Crippen LogP contribution in [-0.2, 0) is 4.79 Å². The highest BCUT2D eigenvalue weighted by atomic mass is 79.9. The second-order valence-corrected chi connectivity index (χ2v) is 3.89. The third-order valence-corrected chi connectivity index (χ3v) is 2.36. The average molecular weight is 259 g/mol. The number of benzene rings is 1. The second-order valence-electron chi connectivity index (χ2n) is 3.03. The van der Waals surface area contributed by atoms with E-state index < -0.39 is 12.1 Å². The smallest absolute Gasteiger partial charge is 0.344 e. The third kappa shape index (κ3) is 2.73. The topological polar surface area (TPSA) is 46.5 Å². The Bertz CT molecular complexity index is 349. The van der Waals surface area contributed by atoms with E-state index in [9.17, 15) is 4.79 Å². The van der Waals surface area contributed by atoms with Gasteiger partial charge in [-0.3, -0.25) is 0 Å². The Morgan fingerprint density at radius 3 is 2.71 bits per heavy atom. The second kappa shape index (κ2) is 4.46. The SMILES string of the molecule is Cc1ccc(OC(C)C(=O)O)c(Br)c1. The van der Waals surface area contributed by atoms with Crippen LogP contribution >= 0.6 is 15.9 Å². The van der Waals surface area contributed by atoms with Crippen molar-refractivity contribution in [2.75, 3.05) is 0 Å². The van der Waals surface area contributed by atoms with E-state index in [4.69, 9.17) is 9.84 Å². The molecule has 1 N–H and O–H groups in total. The quantitative estimate of drug-likeness (QED) is 0.907. The molecule has 0 aromatic heterocycles. The molecule has 0 aliphatic rings. The molecule has 0 radical (unpaired) electrons. The summed E-state index contributed by atoms with van der Waals surface area (Å²) in [6.45, 7) is 3.45. The van der Waals surface area contributed by atoms with Gasteiger partial charge in [0.05, 0.1) is 4.47 Å². The zero-order chi connectivity index (χ0) is 10.7. The summed E-state index contributed by atoms with van der Waals surface area (Å²) in [7, 11) is 0. The van der Waals surface area contributed by atoms with E-state index in [0.717, 1.165) is 10.0 Å². The molecule has 0 bridgehead atoms. The van der Waals surface area contributed by atoms with Crippen molar-refractivity contribution >= 4 is 21.9 Å². The number of carboxylic acids is 1. The molecular formula is C10H11BrO3. The Balaban J connectivity index is 2.82. The lowest BCUT2D eigenvalue weighted by Crippen LogP contribution is -2.23. The first-order valence-corrected chi connectivity index (χ1v) is 4.95. The number of halogens is 1. The largest absolute Gasteiger partial charge is 0.479 e. The Morgan fingerprint density at radius 2 is 2.21 bits per heavy atom. The molecule has 1 atom stereocenters. The molecule has 0 fully saturated rings. The number of ether oxygens (including phenoxy) is 1. The maximum atomic E-state index is 10.5. The highest BCUT2D eigenvalue weighted by Gasteiger charge is 2.13. The van der Waals surface area contributed by atoms with Crippen LogP contribution in [0.2, 0.25) is 0 Å². The molecule has 0 saturated carbocycles. The van der Waals surface area contributed by atoms with Gasteiger partial charge in [-0.2, -0.15) is 0 Å². The van der Waals surface area contributed by atoms with Crippen LogP contribution in [0.25, 0.3) is 0 Å². The molecule has 3 nitrogen and oxygen atoms in total. The molecule has 1 aromatic rings. The van der Waals surface area contributed by atoms with Gasteiger partial charge in [-0.25, -0.2) is 4.79 Å². The van der Waals surface area contributed by atoms with E-state index in [0.29, 0.717) is 5.75 Å². The van der Waals surface area contributed by atoms with Crippen molar-refractivity contribution in [1.29, 1.82) is 0 Å². The summed E-state index contributed by atoms with van der Waals surface area (Å²) in [5.74, 6) is -0.428. The number of rotatable bonds is 3. The van der Waals surface area contributed by atoms with Crippen molar-refractivity contribution in [1.82, 2.24) is 0 Å². The van der Waals surface area contributed by atoms with E-state index in [1.807, 2.05) is 19.1 Å². The van der Waals surface area contributed by atoms with Crippen molar-refractivity contribution in [3.8, 4) is 5.75 Å². The van der Waals surface area contributed by atoms with Gasteiger partial charge in [-0.15, -0.1) is 0 Å². The van der Waals surface area contributed by atoms with E-state index in [2.05, 4.69) is 15.9 Å². The predicted molar refractivity (Wildman–Crippen MR) is 56.6 cm³/mol. The molecule has 0 aliphatic heterocycles. The van der Waals surface area contributed by atoms with Crippen molar-refractivity contribution in [3.05, 3.63) is 28.2 Å². The molecule has 1 aromatic carbocycles. The van der Waals surface area contributed by atoms with E-state index in [1.54, 1.807) is 6.07 Å². The van der Waals surface area contributed by atoms with Gasteiger partial charge in [0.2, 0.25) is 0 Å². The molecule has 14 heavy (non-hydrogen) atoms. The number of carbonyl (C=O) groups is 1. The van der Waals surface area contributed by atoms with Crippen molar-refractivity contribution in [2.24, 2.45) is 0 Å². The number of carboxylic acid groups (broad SMARTS) is 1. The van der Waals surface area contributed by atoms with Crippen LogP contribution in [-0.4, -0.2) is 17.2 Å². The van der Waals surface area contributed by atoms with Gasteiger partial charge in [0.25, 0.3) is 0 Å². The zero-order valence-electron chi connectivity index (χ0n) is 7.95. The van der Waals surface area contributed by atoms with Crippen LogP contribution in [0.5, 0.6) is 5.75 Å². The first-order valence-electron chi connectivity index (χ1n) is 4.16. The predicted octanol–water partition coefficient (Wildman–Crippen LogP) is 2.61. The average Bonchev–Trinajstić information content (AvgIpc) is 2.09. The lowest BCUT2D eigenvalue weighted by molar-refractivity contribution is -0.144. The molecular weight excluding hydrogens is 248 g/mol. The summed E-state index contributed by atoms with van der Waals surface area (Å²) in [6, 6.07) is 5.50. The van der Waals surface area contributed by atoms with Crippen molar-refractivity contribution < 1.29 is 14.6 Å². The Kier molecular flexibility index (Phi) is 3.52. The molecule has 0 amide bonds. The van der Waals surface area contributed by atoms with Gasteiger partial charge < -0.3 is 9.84 Å². The molecule has 0 aliphatic carbocycles. The maximum Gasteiger partial charge on any atom is 0.344 e. The van der Waals surface area contributed by atoms with Gasteiger partial charge in [-0.05, 0) is 47.5 Å². The molecule has 1 rings (SSSR count). The monoisotopic (exact) mass is 258 g/mol. The summed E-state index contributed by atoms with van der Waals surface area (Å²) in [5.41, 5.74) is 1.09. The number of hydrogen-bond donors (Lipinski definition) is 1. The standard InChI is InChI=1S/C10H11BrO3/c1-6-3-4-9(8(11)5-6)14-7(2)10(12)13/h3-5,7H,1-2H3,(H,12,13). The van der Waals surface area contributed by atoms with Crippen LogP contribution in [0.1, 0.15) is 12.5 Å². The fourth-order valence-corrected chi connectivity index (χ4v) is 1.53. The van der Waals surface area contributed by atoms with Gasteiger partial charge in [-0.1, -0.05) is 6.07 Å². The van der Waals surface area contributed by atoms with E-state index in [1.165, 1.54) is 6.92 Å². The third-order valence-electron chi connectivity index (χ3n) is 1.74. The normalized spacial score (nSPS) is 12.2. The summed E-state index contributed by atoms with van der Waals surface area (Å²) in [5, 5.41) is 8.65. The molecule has 4 heteroatoms. The minimum absolute atomic E-state index is 0.547. The highest BCUT2D eigenvalue weighted by Crippen LogP contribution is 2.26. The Hall–Kier alpha value is -1.03. The fraction of sp³-hybridized carbons (Fsp3) is 0.300. The summed E-state index contributed by atoms with van der Waals surface area (Å²) >= 11 is 3.31. The van der Waals surface area contributed by atoms with Gasteiger partial charge in [0.15, 0.2) is 6.10 Å². The van der Waals surface area contributed by atoms with Gasteiger partial charge in [0, 0.05) is 0 Å². The number of aliphatic carboxylic acids is 1. The van der Waals surface area contributed by atoms with Crippen LogP contribution in [0.15, 0.2) is 22.7 Å². The summed E-state index contributed by atoms with van der Waals surface area (Å²) in [6.07, 6.45) is -0.839. The first kappa shape index (κ1) is 11.0. The highest BCUT2D eigenvalue weighted by molar-refractivity contribution is 9.10. The lowest BCUT2D eigenvalue weighted by atomic mass is 10.2. The van der Waals surface area contributed by atoms with E-state index >= 15 is 0 Å². The summed E-state index contributed by atoms with van der Waals surface area (Å²) in [4.78, 5) is 10.5. The minimum Gasteiger partial charge on any atom is -0.479 e. The maximum absolute atomic E-state index is 10.5. The van der Waals surface area contributed by atoms with Crippen LogP contribution < -0.4 is 4.74 Å². The minimum atomic E-state index is -0.975. The molecule has 0 heterocycles. The Morgan fingerprint density at radius 1 is 1.57 bits per heavy atom. The van der Waals surface area contributed by atoms with Crippen molar-refractivity contribution in [2.45, 2.75) is 20.0 Å². The van der Waals surface area contributed by atoms with E-state index in [-0.39, 0.29) is 0 Å². The molecule has 76 valence electrons. The van der Waals surface area contributed by atoms with Gasteiger partial charge in [0.1, 0.15) is 5.75 Å². The number of hydrogen-bond acceptors (Lipinski definition) is 2. The number of aryl methyl sites for hydroxylation is 1. The lowest BCUT2D eigenvalue weighted by Gasteiger charge is -2.11. The molecule has 0 spiro atoms. The fourth-order valence-electron chi connectivity index (χ4n) is 0.942. The van der Waals surface area contributed by atoms with Crippen molar-refractivity contribution in [3.63, 3.8) is 0 Å². The zero-order valence-corrected chi connectivity index (χ0v) is 9.54. The Labute approximate surface area is 90.8 Å². The summed E-state index contributed by atoms with van der Waals surface area (Å²) < 4.78 is 5.98. The molecule has 1 unspecified atom stereocenters. The first-order chi connectivity index (χ1) is 6.50.